The summed E-state index contributed by atoms with van der Waals surface area (Å²) in [5.74, 6) is -0.321. The van der Waals surface area contributed by atoms with E-state index in [1.54, 1.807) is 7.11 Å². The van der Waals surface area contributed by atoms with Crippen LogP contribution in [0.1, 0.15) is 12.8 Å². The van der Waals surface area contributed by atoms with Crippen molar-refractivity contribution in [2.75, 3.05) is 46.6 Å². The predicted molar refractivity (Wildman–Crippen MR) is 67.9 cm³/mol. The topological polar surface area (TPSA) is 43.0 Å². The van der Waals surface area contributed by atoms with Crippen LogP contribution in [0.3, 0.4) is 0 Å². The van der Waals surface area contributed by atoms with Gasteiger partial charge < -0.3 is 24.4 Å². The molecule has 0 atom stereocenters. The van der Waals surface area contributed by atoms with Crippen LogP contribution < -0.4 is 5.32 Å². The highest BCUT2D eigenvalue weighted by Gasteiger charge is 2.40. The van der Waals surface area contributed by atoms with Gasteiger partial charge in [0, 0.05) is 39.6 Å². The summed E-state index contributed by atoms with van der Waals surface area (Å²) < 4.78 is 16.3. The van der Waals surface area contributed by atoms with Crippen molar-refractivity contribution in [2.45, 2.75) is 18.6 Å². The van der Waals surface area contributed by atoms with Crippen molar-refractivity contribution >= 4 is 17.3 Å². The zero-order valence-electron chi connectivity index (χ0n) is 10.2. The molecule has 2 aliphatic heterocycles. The molecule has 6 heteroatoms. The van der Waals surface area contributed by atoms with E-state index in [1.807, 2.05) is 0 Å². The molecule has 5 nitrogen and oxygen atoms in total. The summed E-state index contributed by atoms with van der Waals surface area (Å²) in [6, 6.07) is 0. The van der Waals surface area contributed by atoms with Crippen molar-refractivity contribution in [3.63, 3.8) is 0 Å². The summed E-state index contributed by atoms with van der Waals surface area (Å²) in [7, 11) is 1.68. The first-order chi connectivity index (χ1) is 8.26. The molecular weight excluding hydrogens is 240 g/mol. The van der Waals surface area contributed by atoms with Gasteiger partial charge >= 0.3 is 0 Å². The van der Waals surface area contributed by atoms with Crippen molar-refractivity contribution < 1.29 is 14.2 Å². The number of thiocarbonyl (C=S) groups is 1. The summed E-state index contributed by atoms with van der Waals surface area (Å²) in [5.41, 5.74) is 0. The lowest BCUT2D eigenvalue weighted by molar-refractivity contribution is -0.180. The smallest absolute Gasteiger partial charge is 0.171 e. The van der Waals surface area contributed by atoms with Gasteiger partial charge in [0.2, 0.25) is 0 Å². The second-order valence-corrected chi connectivity index (χ2v) is 4.71. The number of piperidine rings is 1. The molecule has 0 radical (unpaired) electrons. The van der Waals surface area contributed by atoms with Crippen molar-refractivity contribution in [2.24, 2.45) is 0 Å². The molecule has 2 saturated heterocycles. The number of methoxy groups -OCH3 is 1. The SMILES string of the molecule is COCCNC(=S)N1CCC2(CC1)OCCO2. The Balaban J connectivity index is 1.72. The second-order valence-electron chi connectivity index (χ2n) is 4.32. The third-order valence-electron chi connectivity index (χ3n) is 3.21. The maximum Gasteiger partial charge on any atom is 0.171 e. The molecule has 2 aliphatic rings. The molecule has 0 bridgehead atoms. The molecule has 0 aromatic heterocycles. The van der Waals surface area contributed by atoms with Gasteiger partial charge in [0.25, 0.3) is 0 Å². The van der Waals surface area contributed by atoms with E-state index in [4.69, 9.17) is 26.4 Å². The van der Waals surface area contributed by atoms with E-state index in [0.29, 0.717) is 6.61 Å². The number of rotatable bonds is 3. The fourth-order valence-corrected chi connectivity index (χ4v) is 2.49. The second kappa shape index (κ2) is 5.95. The summed E-state index contributed by atoms with van der Waals surface area (Å²) in [6.07, 6.45) is 1.78. The van der Waals surface area contributed by atoms with Crippen LogP contribution in [0, 0.1) is 0 Å². The highest BCUT2D eigenvalue weighted by Crippen LogP contribution is 2.31. The molecule has 0 aromatic rings. The van der Waals surface area contributed by atoms with E-state index < -0.39 is 0 Å². The minimum Gasteiger partial charge on any atom is -0.383 e. The van der Waals surface area contributed by atoms with Gasteiger partial charge in [-0.25, -0.2) is 0 Å². The number of nitrogens with zero attached hydrogens (tertiary/aromatic N) is 1. The van der Waals surface area contributed by atoms with Crippen LogP contribution in [-0.4, -0.2) is 62.4 Å². The van der Waals surface area contributed by atoms with Crippen LogP contribution in [0.5, 0.6) is 0 Å². The van der Waals surface area contributed by atoms with Gasteiger partial charge in [-0.1, -0.05) is 0 Å². The van der Waals surface area contributed by atoms with Crippen molar-refractivity contribution in [3.05, 3.63) is 0 Å². The summed E-state index contributed by atoms with van der Waals surface area (Å²) in [6.45, 7) is 4.64. The minimum atomic E-state index is -0.321. The number of likely N-dealkylation sites (tertiary alicyclic amines) is 1. The quantitative estimate of drug-likeness (QED) is 0.583. The molecule has 1 N–H and O–H groups in total. The van der Waals surface area contributed by atoms with E-state index in [9.17, 15) is 0 Å². The largest absolute Gasteiger partial charge is 0.383 e. The molecule has 0 aliphatic carbocycles. The number of hydrogen-bond acceptors (Lipinski definition) is 4. The Morgan fingerprint density at radius 2 is 2.00 bits per heavy atom. The molecule has 98 valence electrons. The van der Waals surface area contributed by atoms with Gasteiger partial charge in [-0.2, -0.15) is 0 Å². The number of ether oxygens (including phenoxy) is 3. The van der Waals surface area contributed by atoms with Gasteiger partial charge in [-0.3, -0.25) is 0 Å². The van der Waals surface area contributed by atoms with E-state index in [2.05, 4.69) is 10.2 Å². The summed E-state index contributed by atoms with van der Waals surface area (Å²) in [5, 5.41) is 3.98. The van der Waals surface area contributed by atoms with Gasteiger partial charge in [-0.05, 0) is 12.2 Å². The summed E-state index contributed by atoms with van der Waals surface area (Å²) >= 11 is 5.33. The van der Waals surface area contributed by atoms with Crippen molar-refractivity contribution in [3.8, 4) is 0 Å². The molecule has 1 spiro atoms. The van der Waals surface area contributed by atoms with Gasteiger partial charge in [0.05, 0.1) is 19.8 Å². The van der Waals surface area contributed by atoms with Crippen LogP contribution >= 0.6 is 12.2 Å². The molecular formula is C11H20N2O3S. The fraction of sp³-hybridized carbons (Fsp3) is 0.909. The molecule has 2 heterocycles. The van der Waals surface area contributed by atoms with Crippen LogP contribution in [0.15, 0.2) is 0 Å². The number of nitrogens with one attached hydrogen (secondary N) is 1. The zero-order valence-corrected chi connectivity index (χ0v) is 11.1. The molecule has 0 amide bonds. The highest BCUT2D eigenvalue weighted by molar-refractivity contribution is 7.80. The van der Waals surface area contributed by atoms with Crippen LogP contribution in [0.2, 0.25) is 0 Å². The Hall–Kier alpha value is -0.430. The molecule has 2 fully saturated rings. The molecule has 2 rings (SSSR count). The predicted octanol–water partition coefficient (Wildman–Crippen LogP) is 0.346. The molecule has 0 saturated carbocycles. The van der Waals surface area contributed by atoms with Gasteiger partial charge in [0.15, 0.2) is 10.9 Å². The van der Waals surface area contributed by atoms with E-state index >= 15 is 0 Å². The lowest BCUT2D eigenvalue weighted by Crippen LogP contribution is -2.50. The highest BCUT2D eigenvalue weighted by atomic mass is 32.1. The lowest BCUT2D eigenvalue weighted by atomic mass is 10.0. The first-order valence-corrected chi connectivity index (χ1v) is 6.46. The lowest BCUT2D eigenvalue weighted by Gasteiger charge is -2.38. The summed E-state index contributed by atoms with van der Waals surface area (Å²) in [4.78, 5) is 2.17. The van der Waals surface area contributed by atoms with Gasteiger partial charge in [-0.15, -0.1) is 0 Å². The Bertz CT molecular complexity index is 259. The maximum atomic E-state index is 5.68. The normalized spacial score (nSPS) is 23.0. The number of hydrogen-bond donors (Lipinski definition) is 1. The van der Waals surface area contributed by atoms with Gasteiger partial charge in [0.1, 0.15) is 0 Å². The maximum absolute atomic E-state index is 5.68. The van der Waals surface area contributed by atoms with Crippen molar-refractivity contribution in [1.29, 1.82) is 0 Å². The molecule has 17 heavy (non-hydrogen) atoms. The minimum absolute atomic E-state index is 0.321. The molecule has 0 unspecified atom stereocenters. The van der Waals surface area contributed by atoms with Crippen LogP contribution in [-0.2, 0) is 14.2 Å². The third kappa shape index (κ3) is 3.28. The Labute approximate surface area is 107 Å². The zero-order chi connectivity index (χ0) is 12.1. The molecule has 0 aromatic carbocycles. The Morgan fingerprint density at radius 3 is 2.59 bits per heavy atom. The van der Waals surface area contributed by atoms with Crippen LogP contribution in [0.4, 0.5) is 0 Å². The first kappa shape index (κ1) is 13.0. The Morgan fingerprint density at radius 1 is 1.35 bits per heavy atom. The van der Waals surface area contributed by atoms with Crippen LogP contribution in [0.25, 0.3) is 0 Å². The van der Waals surface area contributed by atoms with E-state index in [0.717, 1.165) is 50.8 Å². The average Bonchev–Trinajstić information content (AvgIpc) is 2.79. The monoisotopic (exact) mass is 260 g/mol. The first-order valence-electron chi connectivity index (χ1n) is 6.05. The average molecular weight is 260 g/mol. The fourth-order valence-electron chi connectivity index (χ4n) is 2.21. The van der Waals surface area contributed by atoms with E-state index in [-0.39, 0.29) is 5.79 Å². The Kier molecular flexibility index (Phi) is 4.55. The van der Waals surface area contributed by atoms with Crippen molar-refractivity contribution in [1.82, 2.24) is 10.2 Å². The standard InChI is InChI=1S/C11H20N2O3S/c1-14-7-4-12-10(17)13-5-2-11(3-6-13)15-8-9-16-11/h2-9H2,1H3,(H,12,17). The van der Waals surface area contributed by atoms with E-state index in [1.165, 1.54) is 0 Å². The third-order valence-corrected chi connectivity index (χ3v) is 3.61.